The van der Waals surface area contributed by atoms with Crippen molar-refractivity contribution in [3.05, 3.63) is 48.3 Å². The number of halogens is 1. The van der Waals surface area contributed by atoms with Gasteiger partial charge in [-0.15, -0.1) is 0 Å². The number of para-hydroxylation sites is 1. The molecule has 0 saturated heterocycles. The normalized spacial score (nSPS) is 10.1. The van der Waals surface area contributed by atoms with Crippen LogP contribution in [0.2, 0.25) is 0 Å². The smallest absolute Gasteiger partial charge is 0.153 e. The second kappa shape index (κ2) is 5.40. The summed E-state index contributed by atoms with van der Waals surface area (Å²) in [6.07, 6.45) is 0. The summed E-state index contributed by atoms with van der Waals surface area (Å²) in [5, 5.41) is 0. The zero-order valence-corrected chi connectivity index (χ0v) is 10.0. The van der Waals surface area contributed by atoms with E-state index < -0.39 is 5.82 Å². The lowest BCUT2D eigenvalue weighted by atomic mass is 10.3. The molecule has 0 atom stereocenters. The fraction of sp³-hybridized carbons (Fsp3) is 0.143. The Labute approximate surface area is 105 Å². The van der Waals surface area contributed by atoms with Gasteiger partial charge in [0.05, 0.1) is 6.61 Å². The standard InChI is InChI=1S/C14H14FNO2/c1-2-17-10-5-3-6-11(9-10)18-13-8-4-7-12(15)14(13)16/h3-9H,2,16H2,1H3. The van der Waals surface area contributed by atoms with Gasteiger partial charge in [-0.2, -0.15) is 0 Å². The van der Waals surface area contributed by atoms with Crippen LogP contribution in [0.4, 0.5) is 10.1 Å². The van der Waals surface area contributed by atoms with Crippen LogP contribution >= 0.6 is 0 Å². The van der Waals surface area contributed by atoms with E-state index in [1.807, 2.05) is 13.0 Å². The first-order valence-electron chi connectivity index (χ1n) is 5.65. The monoisotopic (exact) mass is 247 g/mol. The van der Waals surface area contributed by atoms with Gasteiger partial charge in [0.15, 0.2) is 5.75 Å². The molecule has 2 aromatic rings. The quantitative estimate of drug-likeness (QED) is 0.839. The van der Waals surface area contributed by atoms with Gasteiger partial charge in [-0.3, -0.25) is 0 Å². The molecule has 2 aromatic carbocycles. The van der Waals surface area contributed by atoms with Crippen molar-refractivity contribution in [1.29, 1.82) is 0 Å². The maximum Gasteiger partial charge on any atom is 0.153 e. The minimum absolute atomic E-state index is 0.000636. The van der Waals surface area contributed by atoms with Crippen molar-refractivity contribution in [3.63, 3.8) is 0 Å². The van der Waals surface area contributed by atoms with E-state index in [1.165, 1.54) is 6.07 Å². The summed E-state index contributed by atoms with van der Waals surface area (Å²) in [4.78, 5) is 0. The molecule has 0 aliphatic rings. The van der Waals surface area contributed by atoms with E-state index in [-0.39, 0.29) is 5.69 Å². The number of nitrogens with two attached hydrogens (primary N) is 1. The second-order valence-corrected chi connectivity index (χ2v) is 3.66. The average Bonchev–Trinajstić information content (AvgIpc) is 2.36. The molecule has 0 fully saturated rings. The van der Waals surface area contributed by atoms with Crippen LogP contribution in [0.15, 0.2) is 42.5 Å². The van der Waals surface area contributed by atoms with Gasteiger partial charge >= 0.3 is 0 Å². The highest BCUT2D eigenvalue weighted by Gasteiger charge is 2.07. The Bertz CT molecular complexity index is 543. The lowest BCUT2D eigenvalue weighted by Gasteiger charge is -2.10. The van der Waals surface area contributed by atoms with E-state index in [2.05, 4.69) is 0 Å². The number of hydrogen-bond donors (Lipinski definition) is 1. The van der Waals surface area contributed by atoms with Gasteiger partial charge in [-0.1, -0.05) is 12.1 Å². The minimum atomic E-state index is -0.492. The van der Waals surface area contributed by atoms with Crippen molar-refractivity contribution >= 4 is 5.69 Å². The summed E-state index contributed by atoms with van der Waals surface area (Å²) in [7, 11) is 0. The molecule has 0 heterocycles. The Morgan fingerprint density at radius 2 is 1.83 bits per heavy atom. The van der Waals surface area contributed by atoms with Gasteiger partial charge in [0, 0.05) is 6.07 Å². The van der Waals surface area contributed by atoms with E-state index >= 15 is 0 Å². The molecule has 94 valence electrons. The van der Waals surface area contributed by atoms with E-state index in [4.69, 9.17) is 15.2 Å². The molecule has 0 bridgehead atoms. The Morgan fingerprint density at radius 3 is 2.61 bits per heavy atom. The summed E-state index contributed by atoms with van der Waals surface area (Å²) in [5.74, 6) is 1.06. The van der Waals surface area contributed by atoms with Crippen LogP contribution in [-0.4, -0.2) is 6.61 Å². The highest BCUT2D eigenvalue weighted by Crippen LogP contribution is 2.30. The lowest BCUT2D eigenvalue weighted by Crippen LogP contribution is -1.96. The molecule has 0 aromatic heterocycles. The molecular formula is C14H14FNO2. The number of benzene rings is 2. The summed E-state index contributed by atoms with van der Waals surface area (Å²) in [6, 6.07) is 11.6. The number of anilines is 1. The number of nitrogen functional groups attached to an aromatic ring is 1. The summed E-state index contributed by atoms with van der Waals surface area (Å²) in [6.45, 7) is 2.48. The predicted octanol–water partition coefficient (Wildman–Crippen LogP) is 3.60. The van der Waals surface area contributed by atoms with E-state index in [0.29, 0.717) is 23.9 Å². The molecule has 0 radical (unpaired) electrons. The molecule has 0 unspecified atom stereocenters. The predicted molar refractivity (Wildman–Crippen MR) is 68.5 cm³/mol. The molecule has 4 heteroatoms. The third-order valence-electron chi connectivity index (χ3n) is 2.36. The van der Waals surface area contributed by atoms with Crippen molar-refractivity contribution in [1.82, 2.24) is 0 Å². The molecule has 0 aliphatic carbocycles. The average molecular weight is 247 g/mol. The largest absolute Gasteiger partial charge is 0.494 e. The highest BCUT2D eigenvalue weighted by atomic mass is 19.1. The third-order valence-corrected chi connectivity index (χ3v) is 2.36. The van der Waals surface area contributed by atoms with Gasteiger partial charge in [0.1, 0.15) is 23.0 Å². The van der Waals surface area contributed by atoms with E-state index in [0.717, 1.165) is 0 Å². The zero-order chi connectivity index (χ0) is 13.0. The number of ether oxygens (including phenoxy) is 2. The van der Waals surface area contributed by atoms with Crippen molar-refractivity contribution in [3.8, 4) is 17.2 Å². The van der Waals surface area contributed by atoms with Crippen LogP contribution in [-0.2, 0) is 0 Å². The van der Waals surface area contributed by atoms with E-state index in [1.54, 1.807) is 30.3 Å². The van der Waals surface area contributed by atoms with Crippen molar-refractivity contribution < 1.29 is 13.9 Å². The Morgan fingerprint density at radius 1 is 1.11 bits per heavy atom. The Kier molecular flexibility index (Phi) is 3.67. The van der Waals surface area contributed by atoms with Gasteiger partial charge in [0.25, 0.3) is 0 Å². The van der Waals surface area contributed by atoms with Gasteiger partial charge in [-0.05, 0) is 31.2 Å². The molecule has 0 spiro atoms. The van der Waals surface area contributed by atoms with Crippen LogP contribution in [0.5, 0.6) is 17.2 Å². The molecule has 0 saturated carbocycles. The lowest BCUT2D eigenvalue weighted by molar-refractivity contribution is 0.338. The van der Waals surface area contributed by atoms with Crippen molar-refractivity contribution in [2.45, 2.75) is 6.92 Å². The topological polar surface area (TPSA) is 44.5 Å². The first kappa shape index (κ1) is 12.2. The summed E-state index contributed by atoms with van der Waals surface area (Å²) in [5.41, 5.74) is 5.60. The Hall–Kier alpha value is -2.23. The maximum atomic E-state index is 13.3. The highest BCUT2D eigenvalue weighted by molar-refractivity contribution is 5.55. The minimum Gasteiger partial charge on any atom is -0.494 e. The van der Waals surface area contributed by atoms with Crippen LogP contribution in [0.1, 0.15) is 6.92 Å². The first-order chi connectivity index (χ1) is 8.70. The van der Waals surface area contributed by atoms with Crippen LogP contribution in [0.25, 0.3) is 0 Å². The molecule has 2 rings (SSSR count). The van der Waals surface area contributed by atoms with Gasteiger partial charge in [-0.25, -0.2) is 4.39 Å². The molecular weight excluding hydrogens is 233 g/mol. The molecule has 2 N–H and O–H groups in total. The molecule has 3 nitrogen and oxygen atoms in total. The maximum absolute atomic E-state index is 13.3. The second-order valence-electron chi connectivity index (χ2n) is 3.66. The molecule has 0 amide bonds. The SMILES string of the molecule is CCOc1cccc(Oc2cccc(F)c2N)c1. The first-order valence-corrected chi connectivity index (χ1v) is 5.65. The van der Waals surface area contributed by atoms with Crippen molar-refractivity contribution in [2.24, 2.45) is 0 Å². The van der Waals surface area contributed by atoms with E-state index in [9.17, 15) is 4.39 Å². The van der Waals surface area contributed by atoms with Crippen molar-refractivity contribution in [2.75, 3.05) is 12.3 Å². The molecule has 0 aliphatic heterocycles. The van der Waals surface area contributed by atoms with Crippen LogP contribution in [0, 0.1) is 5.82 Å². The number of rotatable bonds is 4. The fourth-order valence-electron chi connectivity index (χ4n) is 1.53. The summed E-state index contributed by atoms with van der Waals surface area (Å²) < 4.78 is 24.1. The molecule has 18 heavy (non-hydrogen) atoms. The summed E-state index contributed by atoms with van der Waals surface area (Å²) >= 11 is 0. The van der Waals surface area contributed by atoms with Crippen LogP contribution < -0.4 is 15.2 Å². The fourth-order valence-corrected chi connectivity index (χ4v) is 1.53. The zero-order valence-electron chi connectivity index (χ0n) is 10.0. The van der Waals surface area contributed by atoms with Crippen LogP contribution in [0.3, 0.4) is 0 Å². The third kappa shape index (κ3) is 2.71. The Balaban J connectivity index is 2.23. The van der Waals surface area contributed by atoms with Gasteiger partial charge in [0.2, 0.25) is 0 Å². The van der Waals surface area contributed by atoms with Gasteiger partial charge < -0.3 is 15.2 Å². The number of hydrogen-bond acceptors (Lipinski definition) is 3.